The molecule has 0 saturated carbocycles. The Morgan fingerprint density at radius 2 is 2.00 bits per heavy atom. The van der Waals surface area contributed by atoms with Crippen LogP contribution in [0, 0.1) is 11.3 Å². The van der Waals surface area contributed by atoms with Gasteiger partial charge in [0.25, 0.3) is 5.91 Å². The second-order valence-electron chi connectivity index (χ2n) is 5.54. The normalized spacial score (nSPS) is 10.9. The third kappa shape index (κ3) is 4.38. The Morgan fingerprint density at radius 3 is 2.74 bits per heavy atom. The van der Waals surface area contributed by atoms with Crippen LogP contribution in [0.3, 0.4) is 0 Å². The first kappa shape index (κ1) is 18.3. The molecule has 2 aromatic carbocycles. The number of nitrogens with zero attached hydrogens (tertiary/aromatic N) is 1. The van der Waals surface area contributed by atoms with E-state index in [0.29, 0.717) is 28.0 Å². The van der Waals surface area contributed by atoms with Crippen LogP contribution < -0.4 is 10.1 Å². The summed E-state index contributed by atoms with van der Waals surface area (Å²) in [6, 6.07) is 19.5. The molecule has 0 atom stereocenters. The van der Waals surface area contributed by atoms with Gasteiger partial charge in [-0.05, 0) is 36.4 Å². The molecule has 6 heteroatoms. The Kier molecular flexibility index (Phi) is 5.60. The molecule has 1 heterocycles. The van der Waals surface area contributed by atoms with Crippen molar-refractivity contribution in [3.05, 3.63) is 77.0 Å². The van der Waals surface area contributed by atoms with Crippen LogP contribution in [0.5, 0.6) is 5.75 Å². The monoisotopic (exact) mass is 378 g/mol. The third-order valence-corrected chi connectivity index (χ3v) is 3.98. The number of anilines is 1. The number of methoxy groups -OCH3 is 1. The lowest BCUT2D eigenvalue weighted by Gasteiger charge is -2.08. The molecule has 0 bridgehead atoms. The molecule has 0 unspecified atom stereocenters. The molecule has 0 spiro atoms. The topological polar surface area (TPSA) is 75.3 Å². The molecule has 27 heavy (non-hydrogen) atoms. The van der Waals surface area contributed by atoms with Gasteiger partial charge in [-0.1, -0.05) is 35.9 Å². The summed E-state index contributed by atoms with van der Waals surface area (Å²) >= 11 is 5.99. The fourth-order valence-electron chi connectivity index (χ4n) is 2.46. The van der Waals surface area contributed by atoms with Crippen LogP contribution in [0.2, 0.25) is 5.02 Å². The zero-order chi connectivity index (χ0) is 19.2. The van der Waals surface area contributed by atoms with E-state index in [4.69, 9.17) is 20.8 Å². The molecule has 0 aliphatic rings. The van der Waals surface area contributed by atoms with Crippen molar-refractivity contribution >= 4 is 29.3 Å². The molecule has 5 nitrogen and oxygen atoms in total. The third-order valence-electron chi connectivity index (χ3n) is 3.74. The highest BCUT2D eigenvalue weighted by molar-refractivity contribution is 6.30. The summed E-state index contributed by atoms with van der Waals surface area (Å²) < 4.78 is 10.9. The van der Waals surface area contributed by atoms with E-state index in [1.807, 2.05) is 18.2 Å². The lowest BCUT2D eigenvalue weighted by molar-refractivity contribution is -0.112. The maximum absolute atomic E-state index is 12.4. The second kappa shape index (κ2) is 8.26. The van der Waals surface area contributed by atoms with Gasteiger partial charge in [0.15, 0.2) is 0 Å². The van der Waals surface area contributed by atoms with E-state index in [1.54, 1.807) is 48.5 Å². The minimum Gasteiger partial charge on any atom is -0.495 e. The number of halogens is 1. The molecule has 1 aromatic heterocycles. The molecular formula is C21H15ClN2O3. The van der Waals surface area contributed by atoms with Crippen LogP contribution in [0.4, 0.5) is 5.69 Å². The van der Waals surface area contributed by atoms with Crippen molar-refractivity contribution in [2.45, 2.75) is 0 Å². The number of hydrogen-bond donors (Lipinski definition) is 1. The van der Waals surface area contributed by atoms with E-state index in [0.717, 1.165) is 5.56 Å². The standard InChI is InChI=1S/C21H15ClN2O3/c1-26-20-8-3-2-7-18(20)24-21(25)15(13-23)12-17-9-10-19(27-17)14-5-4-6-16(22)11-14/h2-12H,1H3,(H,24,25)/b15-12-. The number of furan rings is 1. The highest BCUT2D eigenvalue weighted by Crippen LogP contribution is 2.26. The smallest absolute Gasteiger partial charge is 0.266 e. The number of carbonyl (C=O) groups is 1. The number of carbonyl (C=O) groups excluding carboxylic acids is 1. The van der Waals surface area contributed by atoms with Gasteiger partial charge >= 0.3 is 0 Å². The van der Waals surface area contributed by atoms with Crippen molar-refractivity contribution < 1.29 is 13.9 Å². The van der Waals surface area contributed by atoms with Crippen molar-refractivity contribution in [1.29, 1.82) is 5.26 Å². The lowest BCUT2D eigenvalue weighted by atomic mass is 10.2. The van der Waals surface area contributed by atoms with Gasteiger partial charge in [0.05, 0.1) is 12.8 Å². The summed E-state index contributed by atoms with van der Waals surface area (Å²) in [7, 11) is 1.51. The Labute approximate surface area is 161 Å². The number of hydrogen-bond acceptors (Lipinski definition) is 4. The van der Waals surface area contributed by atoms with E-state index in [9.17, 15) is 10.1 Å². The number of nitriles is 1. The van der Waals surface area contributed by atoms with Crippen LogP contribution >= 0.6 is 11.6 Å². The molecular weight excluding hydrogens is 364 g/mol. The van der Waals surface area contributed by atoms with Crippen LogP contribution in [-0.2, 0) is 4.79 Å². The molecule has 0 aliphatic heterocycles. The number of rotatable bonds is 5. The Bertz CT molecular complexity index is 1050. The minimum atomic E-state index is -0.553. The van der Waals surface area contributed by atoms with Gasteiger partial charge in [0, 0.05) is 16.7 Å². The Hall–Kier alpha value is -3.49. The maximum Gasteiger partial charge on any atom is 0.266 e. The zero-order valence-electron chi connectivity index (χ0n) is 14.4. The van der Waals surface area contributed by atoms with E-state index in [-0.39, 0.29) is 5.57 Å². The van der Waals surface area contributed by atoms with Crippen molar-refractivity contribution in [2.75, 3.05) is 12.4 Å². The number of nitrogens with one attached hydrogen (secondary N) is 1. The first-order chi connectivity index (χ1) is 13.1. The van der Waals surface area contributed by atoms with Gasteiger partial charge < -0.3 is 14.5 Å². The SMILES string of the molecule is COc1ccccc1NC(=O)/C(C#N)=C\c1ccc(-c2cccc(Cl)c2)o1. The molecule has 0 aliphatic carbocycles. The Balaban J connectivity index is 1.82. The van der Waals surface area contributed by atoms with Gasteiger partial charge in [-0.2, -0.15) is 5.26 Å². The molecule has 0 saturated heterocycles. The molecule has 3 rings (SSSR count). The quantitative estimate of drug-likeness (QED) is 0.491. The fraction of sp³-hybridized carbons (Fsp3) is 0.0476. The van der Waals surface area contributed by atoms with Crippen LogP contribution in [0.25, 0.3) is 17.4 Å². The predicted octanol–water partition coefficient (Wildman–Crippen LogP) is 5.15. The van der Waals surface area contributed by atoms with E-state index >= 15 is 0 Å². The number of amides is 1. The molecule has 1 N–H and O–H groups in total. The van der Waals surface area contributed by atoms with Crippen molar-refractivity contribution in [3.63, 3.8) is 0 Å². The van der Waals surface area contributed by atoms with Crippen LogP contribution in [0.1, 0.15) is 5.76 Å². The van der Waals surface area contributed by atoms with E-state index in [2.05, 4.69) is 5.32 Å². The van der Waals surface area contributed by atoms with Crippen molar-refractivity contribution in [1.82, 2.24) is 0 Å². The summed E-state index contributed by atoms with van der Waals surface area (Å²) in [6.07, 6.45) is 1.39. The summed E-state index contributed by atoms with van der Waals surface area (Å²) in [5.74, 6) is 0.926. The van der Waals surface area contributed by atoms with Gasteiger partial charge in [0.2, 0.25) is 0 Å². The zero-order valence-corrected chi connectivity index (χ0v) is 15.2. The molecule has 0 radical (unpaired) electrons. The van der Waals surface area contributed by atoms with Crippen LogP contribution in [0.15, 0.2) is 70.7 Å². The number of benzene rings is 2. The van der Waals surface area contributed by atoms with Crippen LogP contribution in [-0.4, -0.2) is 13.0 Å². The highest BCUT2D eigenvalue weighted by atomic mass is 35.5. The summed E-state index contributed by atoms with van der Waals surface area (Å²) in [5.41, 5.74) is 1.19. The molecule has 0 fully saturated rings. The maximum atomic E-state index is 12.4. The van der Waals surface area contributed by atoms with E-state index in [1.165, 1.54) is 13.2 Å². The summed E-state index contributed by atoms with van der Waals surface area (Å²) in [6.45, 7) is 0. The first-order valence-electron chi connectivity index (χ1n) is 8.02. The molecule has 1 amide bonds. The van der Waals surface area contributed by atoms with Crippen molar-refractivity contribution in [3.8, 4) is 23.1 Å². The van der Waals surface area contributed by atoms with Gasteiger partial charge in [-0.25, -0.2) is 0 Å². The predicted molar refractivity (Wildman–Crippen MR) is 104 cm³/mol. The summed E-state index contributed by atoms with van der Waals surface area (Å²) in [5, 5.41) is 12.6. The number of ether oxygens (including phenoxy) is 1. The minimum absolute atomic E-state index is 0.0899. The van der Waals surface area contributed by atoms with Gasteiger partial charge in [-0.3, -0.25) is 4.79 Å². The fourth-order valence-corrected chi connectivity index (χ4v) is 2.65. The summed E-state index contributed by atoms with van der Waals surface area (Å²) in [4.78, 5) is 12.4. The van der Waals surface area contributed by atoms with E-state index < -0.39 is 5.91 Å². The largest absolute Gasteiger partial charge is 0.495 e. The average molecular weight is 379 g/mol. The second-order valence-corrected chi connectivity index (χ2v) is 5.97. The number of para-hydroxylation sites is 2. The lowest BCUT2D eigenvalue weighted by Crippen LogP contribution is -2.14. The molecule has 134 valence electrons. The highest BCUT2D eigenvalue weighted by Gasteiger charge is 2.13. The van der Waals surface area contributed by atoms with Crippen molar-refractivity contribution in [2.24, 2.45) is 0 Å². The van der Waals surface area contributed by atoms with Gasteiger partial charge in [0.1, 0.15) is 28.9 Å². The Morgan fingerprint density at radius 1 is 1.19 bits per heavy atom. The average Bonchev–Trinajstić information content (AvgIpc) is 3.15. The molecule has 3 aromatic rings. The first-order valence-corrected chi connectivity index (χ1v) is 8.40. The van der Waals surface area contributed by atoms with Gasteiger partial charge in [-0.15, -0.1) is 0 Å².